The standard InChI is InChI=1S/C23H30N4O2/c1-16(28)25-15-18-5-2-3-8-21(18)26-9-11-27(12-10-26)22-14-19-17(13-23(22)29)6-4-7-20(19)24/h2-8,22-23,29H,9-15,24H2,1H3,(H,25,28). The zero-order chi connectivity index (χ0) is 20.4. The topological polar surface area (TPSA) is 81.8 Å². The lowest BCUT2D eigenvalue weighted by molar-refractivity contribution is -0.119. The molecule has 4 rings (SSSR count). The van der Waals surface area contributed by atoms with Crippen LogP contribution < -0.4 is 16.0 Å². The summed E-state index contributed by atoms with van der Waals surface area (Å²) in [6.45, 7) is 5.69. The van der Waals surface area contributed by atoms with E-state index in [2.05, 4.69) is 33.3 Å². The Kier molecular flexibility index (Phi) is 5.74. The average molecular weight is 395 g/mol. The number of nitrogens with zero attached hydrogens (tertiary/aromatic N) is 2. The predicted octanol–water partition coefficient (Wildman–Crippen LogP) is 1.56. The Morgan fingerprint density at radius 1 is 1.10 bits per heavy atom. The first-order valence-electron chi connectivity index (χ1n) is 10.4. The van der Waals surface area contributed by atoms with Crippen LogP contribution >= 0.6 is 0 Å². The van der Waals surface area contributed by atoms with Gasteiger partial charge in [-0.25, -0.2) is 0 Å². The smallest absolute Gasteiger partial charge is 0.217 e. The number of nitrogen functional groups attached to an aromatic ring is 1. The van der Waals surface area contributed by atoms with Gasteiger partial charge in [0.2, 0.25) is 5.91 Å². The van der Waals surface area contributed by atoms with Gasteiger partial charge >= 0.3 is 0 Å². The van der Waals surface area contributed by atoms with Gasteiger partial charge in [0.15, 0.2) is 0 Å². The van der Waals surface area contributed by atoms with Gasteiger partial charge in [-0.2, -0.15) is 0 Å². The van der Waals surface area contributed by atoms with Gasteiger partial charge in [0.25, 0.3) is 0 Å². The summed E-state index contributed by atoms with van der Waals surface area (Å²) in [5, 5.41) is 13.7. The summed E-state index contributed by atoms with van der Waals surface area (Å²) in [6, 6.07) is 14.4. The zero-order valence-corrected chi connectivity index (χ0v) is 17.0. The lowest BCUT2D eigenvalue weighted by Crippen LogP contribution is -2.56. The average Bonchev–Trinajstić information content (AvgIpc) is 2.72. The number of hydrogen-bond acceptors (Lipinski definition) is 5. The summed E-state index contributed by atoms with van der Waals surface area (Å²) in [6.07, 6.45) is 1.12. The molecule has 6 nitrogen and oxygen atoms in total. The number of aliphatic hydroxyl groups is 1. The minimum Gasteiger partial charge on any atom is -0.398 e. The number of nitrogens with two attached hydrogens (primary N) is 1. The van der Waals surface area contributed by atoms with Crippen LogP contribution in [0, 0.1) is 0 Å². The molecule has 2 aromatic rings. The molecule has 0 radical (unpaired) electrons. The van der Waals surface area contributed by atoms with Crippen LogP contribution in [0.5, 0.6) is 0 Å². The van der Waals surface area contributed by atoms with Gasteiger partial charge in [0, 0.05) is 63.5 Å². The highest BCUT2D eigenvalue weighted by atomic mass is 16.3. The van der Waals surface area contributed by atoms with E-state index in [1.54, 1.807) is 6.92 Å². The molecular weight excluding hydrogens is 364 g/mol. The van der Waals surface area contributed by atoms with Crippen molar-refractivity contribution in [2.24, 2.45) is 0 Å². The summed E-state index contributed by atoms with van der Waals surface area (Å²) in [7, 11) is 0. The van der Waals surface area contributed by atoms with Crippen molar-refractivity contribution in [3.63, 3.8) is 0 Å². The second-order valence-electron chi connectivity index (χ2n) is 8.09. The van der Waals surface area contributed by atoms with Crippen molar-refractivity contribution in [3.05, 3.63) is 59.2 Å². The van der Waals surface area contributed by atoms with Crippen LogP contribution in [0.3, 0.4) is 0 Å². The normalized spacial score (nSPS) is 22.2. The lowest BCUT2D eigenvalue weighted by Gasteiger charge is -2.44. The van der Waals surface area contributed by atoms with Crippen molar-refractivity contribution >= 4 is 17.3 Å². The number of nitrogens with one attached hydrogen (secondary N) is 1. The second kappa shape index (κ2) is 8.43. The van der Waals surface area contributed by atoms with E-state index in [4.69, 9.17) is 5.73 Å². The number of anilines is 2. The number of para-hydroxylation sites is 1. The molecule has 0 saturated carbocycles. The first-order valence-corrected chi connectivity index (χ1v) is 10.4. The molecule has 2 atom stereocenters. The van der Waals surface area contributed by atoms with Crippen LogP contribution in [0.4, 0.5) is 11.4 Å². The van der Waals surface area contributed by atoms with E-state index in [1.165, 1.54) is 16.8 Å². The van der Waals surface area contributed by atoms with E-state index in [0.717, 1.165) is 43.9 Å². The molecule has 0 bridgehead atoms. The van der Waals surface area contributed by atoms with Gasteiger partial charge in [0.1, 0.15) is 0 Å². The molecule has 1 amide bonds. The molecule has 6 heteroatoms. The van der Waals surface area contributed by atoms with Crippen molar-refractivity contribution < 1.29 is 9.90 Å². The molecular formula is C23H30N4O2. The van der Waals surface area contributed by atoms with E-state index < -0.39 is 0 Å². The number of amides is 1. The third-order valence-electron chi connectivity index (χ3n) is 6.24. The highest BCUT2D eigenvalue weighted by molar-refractivity contribution is 5.73. The van der Waals surface area contributed by atoms with Crippen molar-refractivity contribution in [2.75, 3.05) is 36.8 Å². The highest BCUT2D eigenvalue weighted by Gasteiger charge is 2.34. The Morgan fingerprint density at radius 2 is 1.86 bits per heavy atom. The Bertz CT molecular complexity index is 877. The van der Waals surface area contributed by atoms with E-state index in [-0.39, 0.29) is 18.1 Å². The number of carbonyl (C=O) groups excluding carboxylic acids is 1. The molecule has 0 aromatic heterocycles. The number of benzene rings is 2. The van der Waals surface area contributed by atoms with Gasteiger partial charge in [-0.3, -0.25) is 9.69 Å². The fraction of sp³-hybridized carbons (Fsp3) is 0.435. The molecule has 1 aliphatic carbocycles. The van der Waals surface area contributed by atoms with E-state index >= 15 is 0 Å². The number of fused-ring (bicyclic) bond motifs is 1. The molecule has 1 aliphatic heterocycles. The van der Waals surface area contributed by atoms with Crippen molar-refractivity contribution in [3.8, 4) is 0 Å². The number of hydrogen-bond donors (Lipinski definition) is 3. The van der Waals surface area contributed by atoms with Crippen LogP contribution in [0.1, 0.15) is 23.6 Å². The molecule has 154 valence electrons. The summed E-state index contributed by atoms with van der Waals surface area (Å²) >= 11 is 0. The Balaban J connectivity index is 1.43. The summed E-state index contributed by atoms with van der Waals surface area (Å²) in [5.41, 5.74) is 11.7. The van der Waals surface area contributed by atoms with Crippen molar-refractivity contribution in [1.82, 2.24) is 10.2 Å². The summed E-state index contributed by atoms with van der Waals surface area (Å²) < 4.78 is 0. The largest absolute Gasteiger partial charge is 0.398 e. The maximum atomic E-state index is 11.3. The molecule has 2 aromatic carbocycles. The highest BCUT2D eigenvalue weighted by Crippen LogP contribution is 2.30. The minimum atomic E-state index is -0.358. The molecule has 1 saturated heterocycles. The van der Waals surface area contributed by atoms with Gasteiger partial charge in [-0.1, -0.05) is 30.3 Å². The molecule has 1 fully saturated rings. The Morgan fingerprint density at radius 3 is 2.62 bits per heavy atom. The second-order valence-corrected chi connectivity index (χ2v) is 8.09. The third kappa shape index (κ3) is 4.23. The van der Waals surface area contributed by atoms with Gasteiger partial charge in [-0.05, 0) is 35.2 Å². The Labute approximate surface area is 172 Å². The molecule has 4 N–H and O–H groups in total. The van der Waals surface area contributed by atoms with Crippen LogP contribution in [0.15, 0.2) is 42.5 Å². The molecule has 2 unspecified atom stereocenters. The fourth-order valence-corrected chi connectivity index (χ4v) is 4.66. The zero-order valence-electron chi connectivity index (χ0n) is 17.0. The Hall–Kier alpha value is -2.57. The molecule has 1 heterocycles. The maximum Gasteiger partial charge on any atom is 0.217 e. The maximum absolute atomic E-state index is 11.3. The fourth-order valence-electron chi connectivity index (χ4n) is 4.66. The first-order chi connectivity index (χ1) is 14.0. The van der Waals surface area contributed by atoms with Gasteiger partial charge < -0.3 is 21.1 Å². The SMILES string of the molecule is CC(=O)NCc1ccccc1N1CCN(C2Cc3c(N)cccc3CC2O)CC1. The monoisotopic (exact) mass is 394 g/mol. The van der Waals surface area contributed by atoms with E-state index in [0.29, 0.717) is 13.0 Å². The predicted molar refractivity (Wildman–Crippen MR) is 116 cm³/mol. The molecule has 2 aliphatic rings. The van der Waals surface area contributed by atoms with Crippen LogP contribution in [-0.2, 0) is 24.2 Å². The van der Waals surface area contributed by atoms with E-state index in [9.17, 15) is 9.90 Å². The lowest BCUT2D eigenvalue weighted by atomic mass is 9.84. The number of piperazine rings is 1. The quantitative estimate of drug-likeness (QED) is 0.686. The van der Waals surface area contributed by atoms with Crippen molar-refractivity contribution in [1.29, 1.82) is 0 Å². The number of aliphatic hydroxyl groups excluding tert-OH is 1. The minimum absolute atomic E-state index is 0.0181. The summed E-state index contributed by atoms with van der Waals surface area (Å²) in [4.78, 5) is 16.1. The van der Waals surface area contributed by atoms with E-state index in [1.807, 2.05) is 24.3 Å². The van der Waals surface area contributed by atoms with Gasteiger partial charge in [0.05, 0.1) is 6.10 Å². The van der Waals surface area contributed by atoms with Crippen LogP contribution in [-0.4, -0.2) is 54.2 Å². The van der Waals surface area contributed by atoms with Crippen molar-refractivity contribution in [2.45, 2.75) is 38.5 Å². The summed E-state index contributed by atoms with van der Waals surface area (Å²) in [5.74, 6) is -0.0181. The third-order valence-corrected chi connectivity index (χ3v) is 6.24. The number of carbonyl (C=O) groups is 1. The molecule has 0 spiro atoms. The first kappa shape index (κ1) is 19.7. The van der Waals surface area contributed by atoms with Crippen LogP contribution in [0.25, 0.3) is 0 Å². The van der Waals surface area contributed by atoms with Gasteiger partial charge in [-0.15, -0.1) is 0 Å². The molecule has 29 heavy (non-hydrogen) atoms. The van der Waals surface area contributed by atoms with Crippen LogP contribution in [0.2, 0.25) is 0 Å². The number of rotatable bonds is 4.